The molecule has 6 nitrogen and oxygen atoms in total. The van der Waals surface area contributed by atoms with Crippen molar-refractivity contribution in [3.05, 3.63) is 54.6 Å². The summed E-state index contributed by atoms with van der Waals surface area (Å²) >= 11 is 0. The molecule has 3 aromatic heterocycles. The predicted molar refractivity (Wildman–Crippen MR) is 148 cm³/mol. The topological polar surface area (TPSA) is 42.5 Å². The van der Waals surface area contributed by atoms with Crippen molar-refractivity contribution in [3.63, 3.8) is 0 Å². The zero-order valence-electron chi connectivity index (χ0n) is 21.3. The first-order valence-electron chi connectivity index (χ1n) is 12.0. The summed E-state index contributed by atoms with van der Waals surface area (Å²) in [6.45, 7) is 0. The molecule has 0 aliphatic heterocycles. The quantitative estimate of drug-likeness (QED) is 0.286. The van der Waals surface area contributed by atoms with E-state index in [9.17, 15) is 0 Å². The van der Waals surface area contributed by atoms with Crippen molar-refractivity contribution in [2.24, 2.45) is 21.1 Å². The minimum Gasteiger partial charge on any atom is -0.497 e. The fraction of sp³-hybridized carbons (Fsp3) is 0.200. The van der Waals surface area contributed by atoms with Gasteiger partial charge in [-0.05, 0) is 54.6 Å². The summed E-state index contributed by atoms with van der Waals surface area (Å²) in [6.07, 6.45) is 0. The highest BCUT2D eigenvalue weighted by Crippen LogP contribution is 2.48. The molecule has 0 saturated carbocycles. The molecule has 0 aliphatic carbocycles. The van der Waals surface area contributed by atoms with Crippen LogP contribution >= 0.6 is 0 Å². The van der Waals surface area contributed by atoms with Crippen LogP contribution in [0.4, 0.5) is 0 Å². The maximum absolute atomic E-state index is 5.65. The van der Waals surface area contributed by atoms with Gasteiger partial charge in [-0.2, -0.15) is 0 Å². The molecule has 7 aromatic rings. The Bertz CT molecular complexity index is 1770. The fourth-order valence-corrected chi connectivity index (χ4v) is 6.25. The van der Waals surface area contributed by atoms with Crippen LogP contribution in [0.5, 0.6) is 17.2 Å². The summed E-state index contributed by atoms with van der Waals surface area (Å²) in [7, 11) is 11.6. The highest BCUT2D eigenvalue weighted by atomic mass is 16.5. The van der Waals surface area contributed by atoms with Crippen LogP contribution in [0.15, 0.2) is 54.6 Å². The number of aryl methyl sites for hydroxylation is 3. The third kappa shape index (κ3) is 2.41. The van der Waals surface area contributed by atoms with E-state index >= 15 is 0 Å². The number of fused-ring (bicyclic) bond motifs is 12. The van der Waals surface area contributed by atoms with Gasteiger partial charge in [-0.1, -0.05) is 0 Å². The third-order valence-corrected chi connectivity index (χ3v) is 7.93. The first-order chi connectivity index (χ1) is 17.5. The van der Waals surface area contributed by atoms with E-state index < -0.39 is 0 Å². The molecule has 3 heterocycles. The van der Waals surface area contributed by atoms with Gasteiger partial charge >= 0.3 is 0 Å². The Morgan fingerprint density at radius 3 is 0.972 bits per heavy atom. The van der Waals surface area contributed by atoms with Gasteiger partial charge in [0.1, 0.15) is 17.2 Å². The lowest BCUT2D eigenvalue weighted by Gasteiger charge is -2.07. The van der Waals surface area contributed by atoms with Crippen molar-refractivity contribution in [2.75, 3.05) is 21.3 Å². The second kappa shape index (κ2) is 7.10. The number of hydrogen-bond acceptors (Lipinski definition) is 3. The number of ether oxygens (including phenoxy) is 3. The zero-order valence-corrected chi connectivity index (χ0v) is 21.3. The Kier molecular flexibility index (Phi) is 4.14. The number of rotatable bonds is 3. The van der Waals surface area contributed by atoms with Crippen molar-refractivity contribution in [1.29, 1.82) is 0 Å². The lowest BCUT2D eigenvalue weighted by Crippen LogP contribution is -1.92. The van der Waals surface area contributed by atoms with Crippen LogP contribution in [0.25, 0.3) is 65.4 Å². The number of aromatic nitrogens is 3. The van der Waals surface area contributed by atoms with Gasteiger partial charge in [0.05, 0.1) is 37.9 Å². The van der Waals surface area contributed by atoms with Crippen LogP contribution in [-0.2, 0) is 21.1 Å². The largest absolute Gasteiger partial charge is 0.497 e. The summed E-state index contributed by atoms with van der Waals surface area (Å²) in [6, 6.07) is 19.1. The Hall–Kier alpha value is -4.32. The number of hydrogen-bond donors (Lipinski definition) is 0. The minimum absolute atomic E-state index is 0.850. The molecule has 0 aliphatic rings. The van der Waals surface area contributed by atoms with Gasteiger partial charge in [0, 0.05) is 70.0 Å². The maximum Gasteiger partial charge on any atom is 0.119 e. The van der Waals surface area contributed by atoms with E-state index in [1.54, 1.807) is 21.3 Å². The van der Waals surface area contributed by atoms with Crippen LogP contribution in [0, 0.1) is 0 Å². The van der Waals surface area contributed by atoms with E-state index in [-0.39, 0.29) is 0 Å². The van der Waals surface area contributed by atoms with Crippen LogP contribution in [-0.4, -0.2) is 35.0 Å². The number of benzene rings is 4. The maximum atomic E-state index is 5.65. The van der Waals surface area contributed by atoms with Crippen molar-refractivity contribution in [1.82, 2.24) is 13.7 Å². The molecule has 0 saturated heterocycles. The molecular weight excluding hydrogens is 450 g/mol. The lowest BCUT2D eigenvalue weighted by atomic mass is 10.0. The smallest absolute Gasteiger partial charge is 0.119 e. The molecule has 0 atom stereocenters. The van der Waals surface area contributed by atoms with Gasteiger partial charge in [-0.15, -0.1) is 0 Å². The van der Waals surface area contributed by atoms with Crippen molar-refractivity contribution in [3.8, 4) is 17.2 Å². The zero-order chi connectivity index (χ0) is 24.9. The summed E-state index contributed by atoms with van der Waals surface area (Å²) < 4.78 is 23.9. The molecule has 36 heavy (non-hydrogen) atoms. The molecule has 0 fully saturated rings. The van der Waals surface area contributed by atoms with E-state index in [2.05, 4.69) is 71.2 Å². The standard InChI is InChI=1S/C30H27N3O3/c1-31-22-10-7-16(34-4)13-19(22)25-28(31)26-20-14-17(35-5)8-11-23(20)32(2)30(26)27-21-15-18(36-6)9-12-24(21)33(3)29(25)27/h7-15H,1-6H3. The Morgan fingerprint density at radius 2 is 0.722 bits per heavy atom. The van der Waals surface area contributed by atoms with E-state index in [4.69, 9.17) is 14.2 Å². The Labute approximate surface area is 207 Å². The molecule has 180 valence electrons. The Balaban J connectivity index is 1.91. The second-order valence-corrected chi connectivity index (χ2v) is 9.50. The van der Waals surface area contributed by atoms with Crippen LogP contribution in [0.2, 0.25) is 0 Å². The molecular formula is C30H27N3O3. The SMILES string of the molecule is COc1ccc2c(c1)c1c(c3c4cc(OC)ccc4n(C)c3c3c4cc(OC)ccc4n(C)c13)n2C. The molecule has 0 bridgehead atoms. The van der Waals surface area contributed by atoms with Crippen molar-refractivity contribution < 1.29 is 14.2 Å². The lowest BCUT2D eigenvalue weighted by molar-refractivity contribution is 0.415. The second-order valence-electron chi connectivity index (χ2n) is 9.50. The van der Waals surface area contributed by atoms with Crippen LogP contribution < -0.4 is 14.2 Å². The summed E-state index contributed by atoms with van der Waals surface area (Å²) in [4.78, 5) is 0. The summed E-state index contributed by atoms with van der Waals surface area (Å²) in [5.74, 6) is 2.55. The van der Waals surface area contributed by atoms with Gasteiger partial charge in [0.2, 0.25) is 0 Å². The minimum atomic E-state index is 0.850. The molecule has 7 rings (SSSR count). The van der Waals surface area contributed by atoms with Crippen molar-refractivity contribution >= 4 is 65.4 Å². The highest BCUT2D eigenvalue weighted by molar-refractivity contribution is 6.39. The van der Waals surface area contributed by atoms with Gasteiger partial charge < -0.3 is 27.9 Å². The summed E-state index contributed by atoms with van der Waals surface area (Å²) in [5, 5.41) is 7.20. The van der Waals surface area contributed by atoms with Gasteiger partial charge in [-0.25, -0.2) is 0 Å². The Morgan fingerprint density at radius 1 is 0.444 bits per heavy atom. The monoisotopic (exact) mass is 477 g/mol. The molecule has 0 unspecified atom stereocenters. The average Bonchev–Trinajstić information content (AvgIpc) is 3.48. The van der Waals surface area contributed by atoms with E-state index in [0.29, 0.717) is 0 Å². The van der Waals surface area contributed by atoms with Gasteiger partial charge in [0.25, 0.3) is 0 Å². The summed E-state index contributed by atoms with van der Waals surface area (Å²) in [5.41, 5.74) is 7.12. The normalized spacial score (nSPS) is 12.2. The average molecular weight is 478 g/mol. The molecule has 0 spiro atoms. The van der Waals surface area contributed by atoms with Crippen LogP contribution in [0.3, 0.4) is 0 Å². The predicted octanol–water partition coefficient (Wildman–Crippen LogP) is 6.65. The molecule has 6 heteroatoms. The van der Waals surface area contributed by atoms with E-state index in [1.807, 2.05) is 18.2 Å². The molecule has 0 radical (unpaired) electrons. The molecule has 0 amide bonds. The fourth-order valence-electron chi connectivity index (χ4n) is 6.25. The van der Waals surface area contributed by atoms with Gasteiger partial charge in [0.15, 0.2) is 0 Å². The van der Waals surface area contributed by atoms with E-state index in [1.165, 1.54) is 65.4 Å². The molecule has 0 N–H and O–H groups in total. The van der Waals surface area contributed by atoms with E-state index in [0.717, 1.165) is 17.2 Å². The highest BCUT2D eigenvalue weighted by Gasteiger charge is 2.25. The number of nitrogens with zero attached hydrogens (tertiary/aromatic N) is 3. The first kappa shape index (κ1) is 21.0. The van der Waals surface area contributed by atoms with Gasteiger partial charge in [-0.3, -0.25) is 0 Å². The third-order valence-electron chi connectivity index (χ3n) is 7.93. The number of methoxy groups -OCH3 is 3. The van der Waals surface area contributed by atoms with Crippen LogP contribution in [0.1, 0.15) is 0 Å². The first-order valence-corrected chi connectivity index (χ1v) is 12.0. The van der Waals surface area contributed by atoms with Crippen molar-refractivity contribution in [2.45, 2.75) is 0 Å². The molecule has 4 aromatic carbocycles.